The summed E-state index contributed by atoms with van der Waals surface area (Å²) >= 11 is 0. The number of hydrogen-bond donors (Lipinski definition) is 0. The van der Waals surface area contributed by atoms with Crippen LogP contribution in [-0.4, -0.2) is 42.5 Å². The summed E-state index contributed by atoms with van der Waals surface area (Å²) in [6.45, 7) is 6.93. The first-order valence-corrected chi connectivity index (χ1v) is 6.57. The normalized spacial score (nSPS) is 36.9. The molecule has 3 nitrogen and oxygen atoms in total. The van der Waals surface area contributed by atoms with E-state index in [1.165, 1.54) is 25.8 Å². The zero-order chi connectivity index (χ0) is 11.5. The van der Waals surface area contributed by atoms with Crippen LogP contribution in [-0.2, 0) is 9.53 Å². The Balaban J connectivity index is 1.79. The van der Waals surface area contributed by atoms with Crippen molar-refractivity contribution in [3.63, 3.8) is 0 Å². The lowest BCUT2D eigenvalue weighted by atomic mass is 9.96. The van der Waals surface area contributed by atoms with E-state index in [1.807, 2.05) is 6.92 Å². The second-order valence-electron chi connectivity index (χ2n) is 5.26. The van der Waals surface area contributed by atoms with E-state index in [4.69, 9.17) is 4.74 Å². The van der Waals surface area contributed by atoms with Crippen LogP contribution in [0, 0.1) is 5.92 Å². The largest absolute Gasteiger partial charge is 0.370 e. The highest BCUT2D eigenvalue weighted by molar-refractivity contribution is 5.84. The zero-order valence-electron chi connectivity index (χ0n) is 10.4. The standard InChI is InChI=1S/C13H23NO2/c1-10-5-3-4-7-14(10)8-6-12-11(2)16-9-13(12)15/h10-12H,3-9H2,1-2H3. The number of ketones is 1. The summed E-state index contributed by atoms with van der Waals surface area (Å²) in [7, 11) is 0. The highest BCUT2D eigenvalue weighted by Gasteiger charge is 2.33. The average Bonchev–Trinajstić information content (AvgIpc) is 2.58. The lowest BCUT2D eigenvalue weighted by Crippen LogP contribution is -2.39. The van der Waals surface area contributed by atoms with Gasteiger partial charge in [0.25, 0.3) is 0 Å². The number of rotatable bonds is 3. The lowest BCUT2D eigenvalue weighted by Gasteiger charge is -2.34. The third kappa shape index (κ3) is 2.64. The number of carbonyl (C=O) groups excluding carboxylic acids is 1. The van der Waals surface area contributed by atoms with Crippen LogP contribution in [0.1, 0.15) is 39.5 Å². The minimum atomic E-state index is 0.132. The molecule has 0 amide bonds. The van der Waals surface area contributed by atoms with Crippen molar-refractivity contribution < 1.29 is 9.53 Å². The van der Waals surface area contributed by atoms with Gasteiger partial charge in [-0.05, 0) is 46.2 Å². The Bertz CT molecular complexity index is 254. The van der Waals surface area contributed by atoms with Gasteiger partial charge in [0.05, 0.1) is 6.10 Å². The maximum absolute atomic E-state index is 11.6. The minimum Gasteiger partial charge on any atom is -0.370 e. The van der Waals surface area contributed by atoms with E-state index in [2.05, 4.69) is 11.8 Å². The van der Waals surface area contributed by atoms with Crippen LogP contribution in [0.2, 0.25) is 0 Å². The second kappa shape index (κ2) is 5.28. The number of piperidine rings is 1. The molecular weight excluding hydrogens is 202 g/mol. The van der Waals surface area contributed by atoms with Crippen molar-refractivity contribution in [2.24, 2.45) is 5.92 Å². The molecule has 0 N–H and O–H groups in total. The van der Waals surface area contributed by atoms with E-state index in [1.54, 1.807) is 0 Å². The lowest BCUT2D eigenvalue weighted by molar-refractivity contribution is -0.120. The van der Waals surface area contributed by atoms with Crippen LogP contribution in [0.25, 0.3) is 0 Å². The Morgan fingerprint density at radius 3 is 2.81 bits per heavy atom. The van der Waals surface area contributed by atoms with Gasteiger partial charge in [0.2, 0.25) is 0 Å². The van der Waals surface area contributed by atoms with Crippen molar-refractivity contribution in [3.05, 3.63) is 0 Å². The Hall–Kier alpha value is -0.410. The second-order valence-corrected chi connectivity index (χ2v) is 5.26. The molecule has 2 heterocycles. The van der Waals surface area contributed by atoms with Gasteiger partial charge in [-0.1, -0.05) is 6.42 Å². The smallest absolute Gasteiger partial charge is 0.164 e. The third-order valence-electron chi connectivity index (χ3n) is 4.14. The molecule has 0 aromatic carbocycles. The van der Waals surface area contributed by atoms with Gasteiger partial charge in [-0.25, -0.2) is 0 Å². The topological polar surface area (TPSA) is 29.5 Å². The number of ether oxygens (including phenoxy) is 1. The molecule has 2 fully saturated rings. The van der Waals surface area contributed by atoms with Gasteiger partial charge in [0.15, 0.2) is 5.78 Å². The first-order valence-electron chi connectivity index (χ1n) is 6.57. The molecule has 2 rings (SSSR count). The van der Waals surface area contributed by atoms with Crippen molar-refractivity contribution >= 4 is 5.78 Å². The molecule has 92 valence electrons. The molecule has 2 aliphatic heterocycles. The number of nitrogens with zero attached hydrogens (tertiary/aromatic N) is 1. The molecule has 0 aliphatic carbocycles. The third-order valence-corrected chi connectivity index (χ3v) is 4.14. The van der Waals surface area contributed by atoms with Gasteiger partial charge in [-0.2, -0.15) is 0 Å². The quantitative estimate of drug-likeness (QED) is 0.734. The molecule has 0 aromatic heterocycles. The molecule has 3 unspecified atom stereocenters. The fourth-order valence-corrected chi connectivity index (χ4v) is 2.89. The van der Waals surface area contributed by atoms with Crippen molar-refractivity contribution in [1.82, 2.24) is 4.90 Å². The van der Waals surface area contributed by atoms with Gasteiger partial charge in [0.1, 0.15) is 6.61 Å². The maximum atomic E-state index is 11.6. The zero-order valence-corrected chi connectivity index (χ0v) is 10.4. The monoisotopic (exact) mass is 225 g/mol. The van der Waals surface area contributed by atoms with Crippen molar-refractivity contribution in [2.45, 2.75) is 51.7 Å². The Kier molecular flexibility index (Phi) is 3.98. The first-order chi connectivity index (χ1) is 7.68. The van der Waals surface area contributed by atoms with Gasteiger partial charge >= 0.3 is 0 Å². The van der Waals surface area contributed by atoms with Gasteiger partial charge in [0, 0.05) is 12.0 Å². The average molecular weight is 225 g/mol. The molecule has 0 radical (unpaired) electrons. The predicted molar refractivity (Wildman–Crippen MR) is 63.4 cm³/mol. The van der Waals surface area contributed by atoms with Crippen LogP contribution in [0.5, 0.6) is 0 Å². The van der Waals surface area contributed by atoms with E-state index in [0.29, 0.717) is 18.4 Å². The van der Waals surface area contributed by atoms with Gasteiger partial charge in [-0.15, -0.1) is 0 Å². The minimum absolute atomic E-state index is 0.132. The SMILES string of the molecule is CC1OCC(=O)C1CCN1CCCCC1C. The van der Waals surface area contributed by atoms with Gasteiger partial charge in [-0.3, -0.25) is 4.79 Å². The molecule has 2 saturated heterocycles. The van der Waals surface area contributed by atoms with Crippen LogP contribution in [0.15, 0.2) is 0 Å². The molecule has 16 heavy (non-hydrogen) atoms. The molecule has 3 heteroatoms. The Labute approximate surface area is 98.1 Å². The first kappa shape index (κ1) is 12.1. The molecule has 0 bridgehead atoms. The summed E-state index contributed by atoms with van der Waals surface area (Å²) in [6, 6.07) is 0.696. The van der Waals surface area contributed by atoms with Crippen molar-refractivity contribution in [3.8, 4) is 0 Å². The fraction of sp³-hybridized carbons (Fsp3) is 0.923. The Morgan fingerprint density at radius 2 is 2.19 bits per heavy atom. The summed E-state index contributed by atoms with van der Waals surface area (Å²) in [4.78, 5) is 14.1. The van der Waals surface area contributed by atoms with E-state index >= 15 is 0 Å². The van der Waals surface area contributed by atoms with Gasteiger partial charge < -0.3 is 9.64 Å². The molecular formula is C13H23NO2. The molecule has 0 spiro atoms. The fourth-order valence-electron chi connectivity index (χ4n) is 2.89. The number of hydrogen-bond acceptors (Lipinski definition) is 3. The van der Waals surface area contributed by atoms with E-state index in [9.17, 15) is 4.79 Å². The number of likely N-dealkylation sites (tertiary alicyclic amines) is 1. The summed E-state index contributed by atoms with van der Waals surface area (Å²) in [5.74, 6) is 0.450. The van der Waals surface area contributed by atoms with Crippen LogP contribution in [0.4, 0.5) is 0 Å². The molecule has 2 aliphatic rings. The van der Waals surface area contributed by atoms with Crippen molar-refractivity contribution in [2.75, 3.05) is 19.7 Å². The number of carbonyl (C=O) groups is 1. The molecule has 0 aromatic rings. The van der Waals surface area contributed by atoms with E-state index < -0.39 is 0 Å². The maximum Gasteiger partial charge on any atom is 0.164 e. The molecule has 3 atom stereocenters. The van der Waals surface area contributed by atoms with Crippen LogP contribution < -0.4 is 0 Å². The summed E-state index contributed by atoms with van der Waals surface area (Å²) in [5, 5.41) is 0. The van der Waals surface area contributed by atoms with Crippen LogP contribution in [0.3, 0.4) is 0 Å². The van der Waals surface area contributed by atoms with E-state index in [0.717, 1.165) is 13.0 Å². The Morgan fingerprint density at radius 1 is 1.38 bits per heavy atom. The van der Waals surface area contributed by atoms with Crippen molar-refractivity contribution in [1.29, 1.82) is 0 Å². The summed E-state index contributed by atoms with van der Waals surface area (Å²) < 4.78 is 5.38. The summed E-state index contributed by atoms with van der Waals surface area (Å²) in [6.07, 6.45) is 5.09. The molecule has 0 saturated carbocycles. The van der Waals surface area contributed by atoms with E-state index in [-0.39, 0.29) is 12.0 Å². The highest BCUT2D eigenvalue weighted by atomic mass is 16.5. The van der Waals surface area contributed by atoms with Crippen LogP contribution >= 0.6 is 0 Å². The summed E-state index contributed by atoms with van der Waals surface area (Å²) in [5.41, 5.74) is 0. The number of Topliss-reactive ketones (excluding diaryl/α,β-unsaturated/α-hetero) is 1. The highest BCUT2D eigenvalue weighted by Crippen LogP contribution is 2.23. The predicted octanol–water partition coefficient (Wildman–Crippen LogP) is 1.85.